The lowest BCUT2D eigenvalue weighted by Gasteiger charge is -2.32. The lowest BCUT2D eigenvalue weighted by molar-refractivity contribution is -0.384. The van der Waals surface area contributed by atoms with Crippen molar-refractivity contribution in [3.8, 4) is 0 Å². The molecule has 118 valence electrons. The molecule has 2 aliphatic rings. The number of nitro benzene ring substituents is 1. The van der Waals surface area contributed by atoms with Gasteiger partial charge in [0.15, 0.2) is 0 Å². The Morgan fingerprint density at radius 1 is 1.27 bits per heavy atom. The van der Waals surface area contributed by atoms with E-state index in [1.54, 1.807) is 0 Å². The summed E-state index contributed by atoms with van der Waals surface area (Å²) in [4.78, 5) is 22.5. The van der Waals surface area contributed by atoms with Gasteiger partial charge in [0.05, 0.1) is 4.92 Å². The highest BCUT2D eigenvalue weighted by atomic mass is 19.4. The number of rotatable bonds is 1. The Morgan fingerprint density at radius 3 is 2.32 bits per heavy atom. The van der Waals surface area contributed by atoms with E-state index in [-0.39, 0.29) is 36.3 Å². The van der Waals surface area contributed by atoms with Gasteiger partial charge in [0.2, 0.25) is 0 Å². The number of likely N-dealkylation sites (tertiary alicyclic amines) is 1. The van der Waals surface area contributed by atoms with Crippen LogP contribution in [0.25, 0.3) is 0 Å². The van der Waals surface area contributed by atoms with Gasteiger partial charge in [-0.1, -0.05) is 0 Å². The van der Waals surface area contributed by atoms with Crippen molar-refractivity contribution in [3.05, 3.63) is 33.4 Å². The van der Waals surface area contributed by atoms with E-state index in [2.05, 4.69) is 0 Å². The van der Waals surface area contributed by atoms with Crippen LogP contribution in [0, 0.1) is 10.1 Å². The van der Waals surface area contributed by atoms with E-state index in [0.29, 0.717) is 17.5 Å². The standard InChI is InChI=1S/C13H12F3N3O3/c14-13(15,16)12(20)18-4-6-1-7(5-18)9-3-11(19(21)22)10(17)2-8(6)9/h2-3,6-7H,1,4-5,17H2/t6-,7+/m0/s1. The summed E-state index contributed by atoms with van der Waals surface area (Å²) < 4.78 is 37.7. The third-order valence-electron chi connectivity index (χ3n) is 4.29. The predicted octanol–water partition coefficient (Wildman–Crippen LogP) is 2.15. The molecule has 2 atom stereocenters. The number of carbonyl (C=O) groups excluding carboxylic acids is 1. The maximum Gasteiger partial charge on any atom is 0.471 e. The summed E-state index contributed by atoms with van der Waals surface area (Å²) in [5.74, 6) is -2.44. The number of hydrogen-bond acceptors (Lipinski definition) is 4. The molecule has 0 unspecified atom stereocenters. The highest BCUT2D eigenvalue weighted by Crippen LogP contribution is 2.48. The second-order valence-corrected chi connectivity index (χ2v) is 5.63. The monoisotopic (exact) mass is 315 g/mol. The molecule has 0 spiro atoms. The number of halogens is 3. The van der Waals surface area contributed by atoms with Gasteiger partial charge < -0.3 is 10.6 Å². The van der Waals surface area contributed by atoms with Gasteiger partial charge in [-0.15, -0.1) is 0 Å². The minimum atomic E-state index is -4.91. The zero-order valence-corrected chi connectivity index (χ0v) is 11.3. The minimum absolute atomic E-state index is 0.00926. The van der Waals surface area contributed by atoms with Crippen LogP contribution in [0.15, 0.2) is 12.1 Å². The Kier molecular flexibility index (Phi) is 3.05. The molecule has 0 aromatic heterocycles. The summed E-state index contributed by atoms with van der Waals surface area (Å²) in [6, 6.07) is 2.79. The SMILES string of the molecule is Nc1cc2c(cc1[N+](=O)[O-])[C@@H]1C[C@H]2CN(C(=O)C(F)(F)F)C1. The third-order valence-corrected chi connectivity index (χ3v) is 4.29. The van der Waals surface area contributed by atoms with Gasteiger partial charge >= 0.3 is 12.1 Å². The first-order valence-electron chi connectivity index (χ1n) is 6.62. The number of nitro groups is 1. The molecule has 2 N–H and O–H groups in total. The van der Waals surface area contributed by atoms with E-state index in [1.165, 1.54) is 12.1 Å². The van der Waals surface area contributed by atoms with E-state index in [4.69, 9.17) is 5.73 Å². The predicted molar refractivity (Wildman–Crippen MR) is 70.2 cm³/mol. The van der Waals surface area contributed by atoms with Crippen molar-refractivity contribution in [2.75, 3.05) is 18.8 Å². The molecule has 3 rings (SSSR count). The van der Waals surface area contributed by atoms with Crippen LogP contribution < -0.4 is 5.73 Å². The van der Waals surface area contributed by atoms with E-state index in [0.717, 1.165) is 4.90 Å². The number of amides is 1. The Labute approximate surface area is 122 Å². The zero-order chi connectivity index (χ0) is 16.2. The molecule has 1 amide bonds. The van der Waals surface area contributed by atoms with Crippen LogP contribution in [0.1, 0.15) is 29.4 Å². The number of carbonyl (C=O) groups is 1. The van der Waals surface area contributed by atoms with Crippen LogP contribution in [-0.4, -0.2) is 35.0 Å². The molecule has 1 saturated heterocycles. The third kappa shape index (κ3) is 2.16. The number of nitrogens with two attached hydrogens (primary N) is 1. The number of anilines is 1. The summed E-state index contributed by atoms with van der Waals surface area (Å²) in [6.07, 6.45) is -4.33. The molecule has 6 nitrogen and oxygen atoms in total. The quantitative estimate of drug-likeness (QED) is 0.488. The highest BCUT2D eigenvalue weighted by molar-refractivity contribution is 5.82. The topological polar surface area (TPSA) is 89.5 Å². The number of nitrogen functional groups attached to an aromatic ring is 1. The van der Waals surface area contributed by atoms with Crippen LogP contribution in [0.3, 0.4) is 0 Å². The fourth-order valence-corrected chi connectivity index (χ4v) is 3.40. The summed E-state index contributed by atoms with van der Waals surface area (Å²) in [7, 11) is 0. The van der Waals surface area contributed by atoms with Crippen LogP contribution in [0.4, 0.5) is 24.5 Å². The van der Waals surface area contributed by atoms with Gasteiger partial charge in [0.1, 0.15) is 5.69 Å². The molecule has 1 aromatic rings. The van der Waals surface area contributed by atoms with Gasteiger partial charge in [-0.05, 0) is 23.6 Å². The fraction of sp³-hybridized carbons (Fsp3) is 0.462. The normalized spacial score (nSPS) is 23.3. The van der Waals surface area contributed by atoms with E-state index >= 15 is 0 Å². The molecule has 0 radical (unpaired) electrons. The van der Waals surface area contributed by atoms with Crippen LogP contribution in [-0.2, 0) is 4.79 Å². The molecule has 22 heavy (non-hydrogen) atoms. The highest BCUT2D eigenvalue weighted by Gasteiger charge is 2.48. The molecule has 9 heteroatoms. The number of alkyl halides is 3. The molecular weight excluding hydrogens is 303 g/mol. The second-order valence-electron chi connectivity index (χ2n) is 5.63. The average molecular weight is 315 g/mol. The van der Waals surface area contributed by atoms with Gasteiger partial charge in [-0.3, -0.25) is 14.9 Å². The number of benzene rings is 1. The van der Waals surface area contributed by atoms with Crippen molar-refractivity contribution in [2.24, 2.45) is 0 Å². The van der Waals surface area contributed by atoms with Gasteiger partial charge in [0, 0.05) is 31.0 Å². The molecule has 1 aliphatic heterocycles. The summed E-state index contributed by atoms with van der Waals surface area (Å²) >= 11 is 0. The average Bonchev–Trinajstić information content (AvgIpc) is 2.66. The van der Waals surface area contributed by atoms with Crippen molar-refractivity contribution in [3.63, 3.8) is 0 Å². The van der Waals surface area contributed by atoms with Crippen LogP contribution in [0.2, 0.25) is 0 Å². The van der Waals surface area contributed by atoms with Crippen LogP contribution >= 0.6 is 0 Å². The summed E-state index contributed by atoms with van der Waals surface area (Å²) in [6.45, 7) is -0.123. The number of piperidine rings is 1. The number of fused-ring (bicyclic) bond motifs is 5. The van der Waals surface area contributed by atoms with Gasteiger partial charge in [-0.2, -0.15) is 13.2 Å². The lowest BCUT2D eigenvalue weighted by Crippen LogP contribution is -2.46. The molecule has 1 aliphatic carbocycles. The maximum atomic E-state index is 12.6. The Bertz CT molecular complexity index is 674. The van der Waals surface area contributed by atoms with E-state index in [1.807, 2.05) is 0 Å². The Hall–Kier alpha value is -2.32. The largest absolute Gasteiger partial charge is 0.471 e. The first-order valence-corrected chi connectivity index (χ1v) is 6.62. The maximum absolute atomic E-state index is 12.6. The first kappa shape index (κ1) is 14.6. The van der Waals surface area contributed by atoms with Gasteiger partial charge in [0.25, 0.3) is 5.69 Å². The first-order chi connectivity index (χ1) is 10.2. The fourth-order valence-electron chi connectivity index (χ4n) is 3.40. The zero-order valence-electron chi connectivity index (χ0n) is 11.3. The van der Waals surface area contributed by atoms with Gasteiger partial charge in [-0.25, -0.2) is 0 Å². The number of nitrogens with zero attached hydrogens (tertiary/aromatic N) is 2. The van der Waals surface area contributed by atoms with Crippen molar-refractivity contribution < 1.29 is 22.9 Å². The molecule has 1 heterocycles. The van der Waals surface area contributed by atoms with Crippen molar-refractivity contribution in [1.29, 1.82) is 0 Å². The Balaban J connectivity index is 1.95. The lowest BCUT2D eigenvalue weighted by atomic mass is 9.95. The van der Waals surface area contributed by atoms with E-state index in [9.17, 15) is 28.1 Å². The molecule has 0 saturated carbocycles. The van der Waals surface area contributed by atoms with Crippen molar-refractivity contribution in [2.45, 2.75) is 24.4 Å². The van der Waals surface area contributed by atoms with Crippen molar-refractivity contribution in [1.82, 2.24) is 4.90 Å². The second kappa shape index (κ2) is 4.59. The molecular formula is C13H12F3N3O3. The summed E-state index contributed by atoms with van der Waals surface area (Å²) in [5, 5.41) is 10.9. The Morgan fingerprint density at radius 2 is 1.82 bits per heavy atom. The summed E-state index contributed by atoms with van der Waals surface area (Å²) in [5.41, 5.74) is 6.72. The molecule has 1 fully saturated rings. The smallest absolute Gasteiger partial charge is 0.393 e. The van der Waals surface area contributed by atoms with E-state index < -0.39 is 17.0 Å². The van der Waals surface area contributed by atoms with Crippen LogP contribution in [0.5, 0.6) is 0 Å². The molecule has 2 bridgehead atoms. The number of hydrogen-bond donors (Lipinski definition) is 1. The molecule has 1 aromatic carbocycles. The minimum Gasteiger partial charge on any atom is -0.393 e. The van der Waals surface area contributed by atoms with Crippen molar-refractivity contribution >= 4 is 17.3 Å².